The van der Waals surface area contributed by atoms with Gasteiger partial charge in [-0.15, -0.1) is 0 Å². The number of aromatic nitrogens is 1. The van der Waals surface area contributed by atoms with E-state index >= 15 is 0 Å². The van der Waals surface area contributed by atoms with Crippen LogP contribution in [0.3, 0.4) is 0 Å². The fraction of sp³-hybridized carbons (Fsp3) is 0.250. The second-order valence-electron chi connectivity index (χ2n) is 6.76. The van der Waals surface area contributed by atoms with Crippen molar-refractivity contribution in [1.82, 2.24) is 4.57 Å². The highest BCUT2D eigenvalue weighted by molar-refractivity contribution is 6.31. The summed E-state index contributed by atoms with van der Waals surface area (Å²) in [5, 5.41) is 10.5. The van der Waals surface area contributed by atoms with Gasteiger partial charge in [-0.25, -0.2) is 4.79 Å². The molecule has 0 amide bonds. The molecule has 1 aromatic heterocycles. The fourth-order valence-electron chi connectivity index (χ4n) is 3.64. The highest BCUT2D eigenvalue weighted by Gasteiger charge is 2.26. The van der Waals surface area contributed by atoms with Crippen molar-refractivity contribution in [3.8, 4) is 17.2 Å². The Hall–Kier alpha value is -3.03. The largest absolute Gasteiger partial charge is 0.461 e. The maximum atomic E-state index is 12.6. The number of nitriles is 1. The number of hydrogen-bond acceptors (Lipinski definition) is 3. The van der Waals surface area contributed by atoms with E-state index in [1.54, 1.807) is 18.5 Å². The summed E-state index contributed by atoms with van der Waals surface area (Å²) in [4.78, 5) is 12.6. The molecule has 0 atom stereocenters. The van der Waals surface area contributed by atoms with Gasteiger partial charge in [-0.3, -0.25) is 0 Å². The molecule has 0 aliphatic rings. The van der Waals surface area contributed by atoms with Crippen LogP contribution in [0.1, 0.15) is 46.7 Å². The van der Waals surface area contributed by atoms with E-state index in [-0.39, 0.29) is 6.61 Å². The van der Waals surface area contributed by atoms with Crippen LogP contribution in [-0.4, -0.2) is 17.1 Å². The fourth-order valence-corrected chi connectivity index (χ4v) is 3.84. The molecule has 0 aliphatic carbocycles. The molecule has 1 heterocycles. The summed E-state index contributed by atoms with van der Waals surface area (Å²) in [5.41, 5.74) is 5.38. The van der Waals surface area contributed by atoms with Gasteiger partial charge in [0.05, 0.1) is 12.2 Å². The number of carbonyl (C=O) groups excluding carboxylic acids is 1. The molecule has 3 rings (SSSR count). The third-order valence-electron chi connectivity index (χ3n) is 5.03. The molecular weight excluding hydrogens is 384 g/mol. The Morgan fingerprint density at radius 3 is 2.41 bits per heavy atom. The average Bonchev–Trinajstić information content (AvgIpc) is 3.02. The lowest BCUT2D eigenvalue weighted by Gasteiger charge is -2.09. The molecule has 0 radical (unpaired) electrons. The van der Waals surface area contributed by atoms with Gasteiger partial charge in [0.15, 0.2) is 0 Å². The van der Waals surface area contributed by atoms with Crippen molar-refractivity contribution < 1.29 is 9.53 Å². The number of benzene rings is 2. The molecule has 0 spiro atoms. The van der Waals surface area contributed by atoms with Crippen molar-refractivity contribution in [3.05, 3.63) is 81.6 Å². The minimum absolute atomic E-state index is 0.281. The summed E-state index contributed by atoms with van der Waals surface area (Å²) in [6.07, 6.45) is 1.36. The van der Waals surface area contributed by atoms with E-state index in [0.717, 1.165) is 27.4 Å². The van der Waals surface area contributed by atoms with E-state index in [9.17, 15) is 10.1 Å². The van der Waals surface area contributed by atoms with E-state index in [4.69, 9.17) is 16.3 Å². The first-order valence-electron chi connectivity index (χ1n) is 9.63. The topological polar surface area (TPSA) is 55.0 Å². The lowest BCUT2D eigenvalue weighted by atomic mass is 9.97. The Balaban J connectivity index is 2.05. The second kappa shape index (κ2) is 8.98. The SMILES string of the molecule is CCOC(=O)c1c(-c2ccc(Cc3ccccc3Cl)cc2)c(C#N)c(CC)n1C. The molecule has 0 aliphatic heterocycles. The molecule has 148 valence electrons. The maximum absolute atomic E-state index is 12.6. The number of ether oxygens (including phenoxy) is 1. The number of carbonyl (C=O) groups is 1. The van der Waals surface area contributed by atoms with Crippen LogP contribution >= 0.6 is 11.6 Å². The molecule has 2 aromatic carbocycles. The number of esters is 1. The van der Waals surface area contributed by atoms with E-state index < -0.39 is 5.97 Å². The van der Waals surface area contributed by atoms with Crippen molar-refractivity contribution in [2.45, 2.75) is 26.7 Å². The molecule has 4 nitrogen and oxygen atoms in total. The third kappa shape index (κ3) is 4.06. The minimum Gasteiger partial charge on any atom is -0.461 e. The number of halogens is 1. The van der Waals surface area contributed by atoms with Crippen LogP contribution in [-0.2, 0) is 24.6 Å². The van der Waals surface area contributed by atoms with Crippen molar-refractivity contribution in [3.63, 3.8) is 0 Å². The van der Waals surface area contributed by atoms with E-state index in [1.807, 2.05) is 55.5 Å². The lowest BCUT2D eigenvalue weighted by molar-refractivity contribution is 0.0516. The predicted molar refractivity (Wildman–Crippen MR) is 115 cm³/mol. The first kappa shape index (κ1) is 20.7. The minimum atomic E-state index is -0.415. The second-order valence-corrected chi connectivity index (χ2v) is 7.16. The molecule has 0 saturated heterocycles. The summed E-state index contributed by atoms with van der Waals surface area (Å²) in [5.74, 6) is -0.415. The van der Waals surface area contributed by atoms with Gasteiger partial charge in [0.25, 0.3) is 0 Å². The van der Waals surface area contributed by atoms with Gasteiger partial charge in [-0.2, -0.15) is 5.26 Å². The number of hydrogen-bond donors (Lipinski definition) is 0. The van der Waals surface area contributed by atoms with Crippen LogP contribution in [0, 0.1) is 11.3 Å². The van der Waals surface area contributed by atoms with Crippen molar-refractivity contribution >= 4 is 17.6 Å². The van der Waals surface area contributed by atoms with Gasteiger partial charge < -0.3 is 9.30 Å². The van der Waals surface area contributed by atoms with Crippen LogP contribution < -0.4 is 0 Å². The zero-order chi connectivity index (χ0) is 21.0. The first-order valence-corrected chi connectivity index (χ1v) is 10.0. The molecule has 0 N–H and O–H groups in total. The quantitative estimate of drug-likeness (QED) is 0.504. The average molecular weight is 407 g/mol. The molecule has 29 heavy (non-hydrogen) atoms. The Kier molecular flexibility index (Phi) is 6.41. The Morgan fingerprint density at radius 1 is 1.14 bits per heavy atom. The molecular formula is C24H23ClN2O2. The molecule has 0 unspecified atom stereocenters. The molecule has 0 fully saturated rings. The van der Waals surface area contributed by atoms with Crippen LogP contribution in [0.25, 0.3) is 11.1 Å². The Labute approximate surface area is 176 Å². The van der Waals surface area contributed by atoms with Crippen molar-refractivity contribution in [2.75, 3.05) is 6.61 Å². The summed E-state index contributed by atoms with van der Waals surface area (Å²) < 4.78 is 7.04. The van der Waals surface area contributed by atoms with Crippen molar-refractivity contribution in [1.29, 1.82) is 5.26 Å². The Bertz CT molecular complexity index is 1080. The van der Waals surface area contributed by atoms with Gasteiger partial charge in [-0.1, -0.05) is 61.0 Å². The number of nitrogens with zero attached hydrogens (tertiary/aromatic N) is 2. The Morgan fingerprint density at radius 2 is 1.83 bits per heavy atom. The van der Waals surface area contributed by atoms with Gasteiger partial charge in [-0.05, 0) is 42.5 Å². The highest BCUT2D eigenvalue weighted by Crippen LogP contribution is 2.33. The third-order valence-corrected chi connectivity index (χ3v) is 5.39. The molecule has 0 bridgehead atoms. The van der Waals surface area contributed by atoms with Crippen LogP contribution in [0.4, 0.5) is 0 Å². The first-order chi connectivity index (χ1) is 14.0. The van der Waals surface area contributed by atoms with Gasteiger partial charge in [0.2, 0.25) is 0 Å². The number of rotatable bonds is 6. The molecule has 3 aromatic rings. The zero-order valence-electron chi connectivity index (χ0n) is 16.8. The van der Waals surface area contributed by atoms with Crippen LogP contribution in [0.2, 0.25) is 5.02 Å². The highest BCUT2D eigenvalue weighted by atomic mass is 35.5. The standard InChI is InChI=1S/C24H23ClN2O2/c1-4-21-19(15-26)22(23(27(21)3)24(28)29-5-2)17-12-10-16(11-13-17)14-18-8-6-7-9-20(18)25/h6-13H,4-5,14H2,1-3H3. The van der Waals surface area contributed by atoms with Crippen molar-refractivity contribution in [2.24, 2.45) is 7.05 Å². The summed E-state index contributed by atoms with van der Waals surface area (Å²) in [6, 6.07) is 18.0. The smallest absolute Gasteiger partial charge is 0.355 e. The van der Waals surface area contributed by atoms with Crippen LogP contribution in [0.15, 0.2) is 48.5 Å². The van der Waals surface area contributed by atoms with E-state index in [2.05, 4.69) is 6.07 Å². The zero-order valence-corrected chi connectivity index (χ0v) is 17.6. The lowest BCUT2D eigenvalue weighted by Crippen LogP contribution is -2.12. The normalized spacial score (nSPS) is 10.6. The maximum Gasteiger partial charge on any atom is 0.355 e. The van der Waals surface area contributed by atoms with E-state index in [0.29, 0.717) is 29.7 Å². The molecule has 0 saturated carbocycles. The van der Waals surface area contributed by atoms with Gasteiger partial charge in [0, 0.05) is 23.3 Å². The summed E-state index contributed by atoms with van der Waals surface area (Å²) >= 11 is 6.27. The van der Waals surface area contributed by atoms with E-state index in [1.165, 1.54) is 0 Å². The van der Waals surface area contributed by atoms with Gasteiger partial charge >= 0.3 is 5.97 Å². The molecule has 5 heteroatoms. The van der Waals surface area contributed by atoms with Crippen LogP contribution in [0.5, 0.6) is 0 Å². The predicted octanol–water partition coefficient (Wildman–Crippen LogP) is 5.55. The van der Waals surface area contributed by atoms with Gasteiger partial charge in [0.1, 0.15) is 11.8 Å². The summed E-state index contributed by atoms with van der Waals surface area (Å²) in [6.45, 7) is 4.03. The monoisotopic (exact) mass is 406 g/mol. The summed E-state index contributed by atoms with van der Waals surface area (Å²) in [7, 11) is 1.81.